The molecule has 0 unspecified atom stereocenters. The molecule has 4 heteroatoms. The molecule has 0 N–H and O–H groups in total. The maximum absolute atomic E-state index is 5.23. The van der Waals surface area contributed by atoms with E-state index in [0.717, 1.165) is 45.7 Å². The third kappa shape index (κ3) is 3.07. The number of pyridine rings is 1. The molecule has 180 valence electrons. The highest BCUT2D eigenvalue weighted by molar-refractivity contribution is 7.26. The minimum absolute atomic E-state index is 0.862. The lowest BCUT2D eigenvalue weighted by molar-refractivity contribution is 0.796. The Kier molecular flexibility index (Phi) is 4.67. The van der Waals surface area contributed by atoms with Gasteiger partial charge in [0.05, 0.1) is 22.2 Å². The molecule has 38 heavy (non-hydrogen) atoms. The molecule has 0 bridgehead atoms. The molecule has 0 radical (unpaired) electrons. The lowest BCUT2D eigenvalue weighted by Crippen LogP contribution is -1.98. The van der Waals surface area contributed by atoms with Gasteiger partial charge in [0.25, 0.3) is 0 Å². The normalized spacial score (nSPS) is 11.9. The number of aromatic nitrogens is 3. The quantitative estimate of drug-likeness (QED) is 0.224. The van der Waals surface area contributed by atoms with Crippen LogP contribution in [0.1, 0.15) is 6.92 Å². The number of imidazole rings is 1. The molecule has 0 aliphatic rings. The van der Waals surface area contributed by atoms with Crippen molar-refractivity contribution in [3.8, 4) is 22.6 Å². The number of hydrogen-bond acceptors (Lipinski definition) is 3. The monoisotopic (exact) mass is 505 g/mol. The number of aryl methyl sites for hydroxylation is 1. The third-order valence-electron chi connectivity index (χ3n) is 7.57. The molecular weight excluding hydrogens is 482 g/mol. The van der Waals surface area contributed by atoms with E-state index >= 15 is 0 Å². The molecule has 3 nitrogen and oxygen atoms in total. The van der Waals surface area contributed by atoms with Crippen molar-refractivity contribution in [1.82, 2.24) is 14.5 Å². The molecular formula is C34H23N3S. The summed E-state index contributed by atoms with van der Waals surface area (Å²) in [7, 11) is 0. The van der Waals surface area contributed by atoms with Gasteiger partial charge >= 0.3 is 0 Å². The Hall–Kier alpha value is -4.54. The average Bonchev–Trinajstić information content (AvgIpc) is 3.55. The van der Waals surface area contributed by atoms with Gasteiger partial charge in [0.15, 0.2) is 0 Å². The number of thiophene rings is 1. The first kappa shape index (κ1) is 21.5. The van der Waals surface area contributed by atoms with Gasteiger partial charge in [-0.3, -0.25) is 0 Å². The first-order chi connectivity index (χ1) is 18.8. The van der Waals surface area contributed by atoms with E-state index in [2.05, 4.69) is 121 Å². The number of hydrogen-bond donors (Lipinski definition) is 0. The number of rotatable bonds is 3. The van der Waals surface area contributed by atoms with Gasteiger partial charge < -0.3 is 4.57 Å². The summed E-state index contributed by atoms with van der Waals surface area (Å²) in [5.41, 5.74) is 6.43. The second kappa shape index (κ2) is 8.23. The second-order valence-corrected chi connectivity index (χ2v) is 10.7. The van der Waals surface area contributed by atoms with E-state index in [9.17, 15) is 0 Å². The fourth-order valence-electron chi connectivity index (χ4n) is 5.86. The van der Waals surface area contributed by atoms with Crippen LogP contribution in [0.5, 0.6) is 0 Å². The first-order valence-electron chi connectivity index (χ1n) is 13.0. The van der Waals surface area contributed by atoms with Crippen molar-refractivity contribution in [2.75, 3.05) is 0 Å². The smallest absolute Gasteiger partial charge is 0.141 e. The highest BCUT2D eigenvalue weighted by Gasteiger charge is 2.17. The van der Waals surface area contributed by atoms with Crippen LogP contribution in [-0.4, -0.2) is 14.5 Å². The van der Waals surface area contributed by atoms with Gasteiger partial charge in [0.1, 0.15) is 5.82 Å². The molecule has 0 saturated heterocycles. The van der Waals surface area contributed by atoms with Crippen molar-refractivity contribution in [2.24, 2.45) is 0 Å². The van der Waals surface area contributed by atoms with Crippen LogP contribution in [0.4, 0.5) is 0 Å². The lowest BCUT2D eigenvalue weighted by atomic mass is 9.97. The zero-order valence-corrected chi connectivity index (χ0v) is 21.7. The van der Waals surface area contributed by atoms with E-state index < -0.39 is 0 Å². The molecule has 8 aromatic rings. The van der Waals surface area contributed by atoms with E-state index in [1.165, 1.54) is 36.3 Å². The molecule has 3 heterocycles. The van der Waals surface area contributed by atoms with Crippen LogP contribution in [0.2, 0.25) is 0 Å². The summed E-state index contributed by atoms with van der Waals surface area (Å²) in [6, 6.07) is 38.8. The SMILES string of the molecule is CCn1c(-c2cccc(-c3nc4ccccc4c4c3ccc3c5ccccc5sc34)c2)nc2ccccc21. The molecule has 0 spiro atoms. The minimum Gasteiger partial charge on any atom is -0.324 e. The van der Waals surface area contributed by atoms with Crippen molar-refractivity contribution in [3.05, 3.63) is 109 Å². The third-order valence-corrected chi connectivity index (χ3v) is 8.78. The predicted molar refractivity (Wildman–Crippen MR) is 162 cm³/mol. The first-order valence-corrected chi connectivity index (χ1v) is 13.8. The number of para-hydroxylation sites is 3. The van der Waals surface area contributed by atoms with Gasteiger partial charge in [-0.15, -0.1) is 11.3 Å². The molecule has 0 aliphatic heterocycles. The predicted octanol–water partition coefficient (Wildman–Crippen LogP) is 9.46. The van der Waals surface area contributed by atoms with Gasteiger partial charge in [-0.25, -0.2) is 9.97 Å². The molecule has 5 aromatic carbocycles. The van der Waals surface area contributed by atoms with Gasteiger partial charge in [0, 0.05) is 54.0 Å². The molecule has 0 aliphatic carbocycles. The lowest BCUT2D eigenvalue weighted by Gasteiger charge is -2.12. The zero-order valence-electron chi connectivity index (χ0n) is 20.8. The van der Waals surface area contributed by atoms with E-state index in [-0.39, 0.29) is 0 Å². The summed E-state index contributed by atoms with van der Waals surface area (Å²) in [5, 5.41) is 6.30. The highest BCUT2D eigenvalue weighted by Crippen LogP contribution is 2.43. The van der Waals surface area contributed by atoms with Crippen molar-refractivity contribution >= 4 is 64.2 Å². The van der Waals surface area contributed by atoms with Crippen molar-refractivity contribution in [3.63, 3.8) is 0 Å². The van der Waals surface area contributed by atoms with Crippen LogP contribution < -0.4 is 0 Å². The Bertz CT molecular complexity index is 2180. The fraction of sp³-hybridized carbons (Fsp3) is 0.0588. The Morgan fingerprint density at radius 1 is 0.632 bits per heavy atom. The van der Waals surface area contributed by atoms with E-state index in [0.29, 0.717) is 0 Å². The average molecular weight is 506 g/mol. The Labute approximate surface area is 223 Å². The van der Waals surface area contributed by atoms with Crippen LogP contribution in [-0.2, 0) is 6.54 Å². The highest BCUT2D eigenvalue weighted by atomic mass is 32.1. The van der Waals surface area contributed by atoms with Gasteiger partial charge in [-0.05, 0) is 37.3 Å². The maximum Gasteiger partial charge on any atom is 0.141 e. The summed E-state index contributed by atoms with van der Waals surface area (Å²) in [6.07, 6.45) is 0. The Balaban J connectivity index is 1.43. The van der Waals surface area contributed by atoms with Crippen LogP contribution in [0, 0.1) is 0 Å². The van der Waals surface area contributed by atoms with Gasteiger partial charge in [-0.2, -0.15) is 0 Å². The van der Waals surface area contributed by atoms with Crippen molar-refractivity contribution in [2.45, 2.75) is 13.5 Å². The topological polar surface area (TPSA) is 30.7 Å². The molecule has 8 rings (SSSR count). The molecule has 3 aromatic heterocycles. The van der Waals surface area contributed by atoms with Gasteiger partial charge in [-0.1, -0.05) is 78.9 Å². The summed E-state index contributed by atoms with van der Waals surface area (Å²) in [6.45, 7) is 3.04. The Morgan fingerprint density at radius 3 is 2.26 bits per heavy atom. The van der Waals surface area contributed by atoms with Crippen LogP contribution in [0.25, 0.3) is 75.5 Å². The largest absolute Gasteiger partial charge is 0.324 e. The summed E-state index contributed by atoms with van der Waals surface area (Å²) in [4.78, 5) is 10.2. The summed E-state index contributed by atoms with van der Waals surface area (Å²) < 4.78 is 4.94. The summed E-state index contributed by atoms with van der Waals surface area (Å²) >= 11 is 1.88. The Morgan fingerprint density at radius 2 is 1.37 bits per heavy atom. The summed E-state index contributed by atoms with van der Waals surface area (Å²) in [5.74, 6) is 0.993. The number of nitrogens with zero attached hydrogens (tertiary/aromatic N) is 3. The van der Waals surface area contributed by atoms with Gasteiger partial charge in [0.2, 0.25) is 0 Å². The van der Waals surface area contributed by atoms with E-state index in [4.69, 9.17) is 9.97 Å². The van der Waals surface area contributed by atoms with Crippen LogP contribution >= 0.6 is 11.3 Å². The van der Waals surface area contributed by atoms with Crippen molar-refractivity contribution in [1.29, 1.82) is 0 Å². The van der Waals surface area contributed by atoms with Crippen LogP contribution in [0.3, 0.4) is 0 Å². The molecule has 0 saturated carbocycles. The maximum atomic E-state index is 5.23. The number of fused-ring (bicyclic) bond motifs is 8. The van der Waals surface area contributed by atoms with Crippen molar-refractivity contribution < 1.29 is 0 Å². The second-order valence-electron chi connectivity index (χ2n) is 9.69. The van der Waals surface area contributed by atoms with E-state index in [1.807, 2.05) is 11.3 Å². The fourth-order valence-corrected chi connectivity index (χ4v) is 7.12. The number of benzene rings is 5. The zero-order chi connectivity index (χ0) is 25.2. The minimum atomic E-state index is 0.862. The molecule has 0 fully saturated rings. The standard InChI is InChI=1S/C34H23N3S/c1-2-37-29-16-7-6-15-28(29)36-34(37)22-11-9-10-21(20-22)32-26-19-18-24-23-12-4-8-17-30(23)38-33(24)31(26)25-13-3-5-14-27(25)35-32/h3-20H,2H2,1H3. The molecule has 0 atom stereocenters. The van der Waals surface area contributed by atoms with Crippen LogP contribution in [0.15, 0.2) is 109 Å². The molecule has 0 amide bonds. The van der Waals surface area contributed by atoms with E-state index in [1.54, 1.807) is 0 Å².